The van der Waals surface area contributed by atoms with Crippen molar-refractivity contribution in [3.63, 3.8) is 0 Å². The second-order valence-corrected chi connectivity index (χ2v) is 4.40. The van der Waals surface area contributed by atoms with E-state index >= 15 is 0 Å². The summed E-state index contributed by atoms with van der Waals surface area (Å²) in [5.41, 5.74) is 1.76. The zero-order chi connectivity index (χ0) is 9.31. The molecule has 2 rings (SSSR count). The molecule has 1 nitrogen and oxygen atoms in total. The van der Waals surface area contributed by atoms with Gasteiger partial charge in [-0.1, -0.05) is 37.3 Å². The van der Waals surface area contributed by atoms with Gasteiger partial charge >= 0.3 is 0 Å². The van der Waals surface area contributed by atoms with Crippen LogP contribution < -0.4 is 0 Å². The van der Waals surface area contributed by atoms with Crippen LogP contribution in [0.4, 0.5) is 0 Å². The molecule has 0 spiro atoms. The Morgan fingerprint density at radius 2 is 2.08 bits per heavy atom. The number of aliphatic hydroxyl groups is 1. The van der Waals surface area contributed by atoms with Gasteiger partial charge in [0.25, 0.3) is 0 Å². The largest absolute Gasteiger partial charge is 0.396 e. The SMILES string of the molecule is CC1(Cc2ccccc2)CC1CO. The van der Waals surface area contributed by atoms with E-state index in [9.17, 15) is 0 Å². The van der Waals surface area contributed by atoms with Crippen molar-refractivity contribution in [3.8, 4) is 0 Å². The Morgan fingerprint density at radius 1 is 1.38 bits per heavy atom. The van der Waals surface area contributed by atoms with E-state index in [-0.39, 0.29) is 0 Å². The van der Waals surface area contributed by atoms with Gasteiger partial charge in [0, 0.05) is 6.61 Å². The highest BCUT2D eigenvalue weighted by Gasteiger charge is 2.48. The first-order valence-electron chi connectivity index (χ1n) is 4.89. The maximum atomic E-state index is 9.02. The number of hydrogen-bond acceptors (Lipinski definition) is 1. The fourth-order valence-electron chi connectivity index (χ4n) is 2.07. The molecule has 1 aliphatic rings. The fraction of sp³-hybridized carbons (Fsp3) is 0.500. The molecule has 1 aromatic carbocycles. The second-order valence-electron chi connectivity index (χ2n) is 4.40. The second kappa shape index (κ2) is 3.15. The first kappa shape index (κ1) is 8.76. The van der Waals surface area contributed by atoms with Crippen molar-refractivity contribution >= 4 is 0 Å². The number of aliphatic hydroxyl groups excluding tert-OH is 1. The minimum Gasteiger partial charge on any atom is -0.396 e. The van der Waals surface area contributed by atoms with E-state index in [1.807, 2.05) is 6.07 Å². The lowest BCUT2D eigenvalue weighted by Crippen LogP contribution is -2.05. The van der Waals surface area contributed by atoms with E-state index in [1.165, 1.54) is 12.0 Å². The van der Waals surface area contributed by atoms with Gasteiger partial charge in [-0.25, -0.2) is 0 Å². The lowest BCUT2D eigenvalue weighted by atomic mass is 9.96. The molecule has 2 atom stereocenters. The van der Waals surface area contributed by atoms with Gasteiger partial charge in [-0.3, -0.25) is 0 Å². The highest BCUT2D eigenvalue weighted by atomic mass is 16.3. The average molecular weight is 176 g/mol. The van der Waals surface area contributed by atoms with Gasteiger partial charge in [-0.2, -0.15) is 0 Å². The van der Waals surface area contributed by atoms with Crippen molar-refractivity contribution in [2.45, 2.75) is 19.8 Å². The highest BCUT2D eigenvalue weighted by molar-refractivity contribution is 5.19. The molecular formula is C12H16O. The summed E-state index contributed by atoms with van der Waals surface area (Å²) >= 11 is 0. The Balaban J connectivity index is 2.00. The predicted molar refractivity (Wildman–Crippen MR) is 53.4 cm³/mol. The van der Waals surface area contributed by atoms with E-state index in [0.717, 1.165) is 6.42 Å². The van der Waals surface area contributed by atoms with Crippen molar-refractivity contribution in [2.75, 3.05) is 6.61 Å². The van der Waals surface area contributed by atoms with Crippen LogP contribution in [-0.4, -0.2) is 11.7 Å². The molecule has 0 bridgehead atoms. The quantitative estimate of drug-likeness (QED) is 0.749. The van der Waals surface area contributed by atoms with Crippen LogP contribution in [-0.2, 0) is 6.42 Å². The summed E-state index contributed by atoms with van der Waals surface area (Å²) in [6.07, 6.45) is 2.29. The van der Waals surface area contributed by atoms with E-state index < -0.39 is 0 Å². The zero-order valence-electron chi connectivity index (χ0n) is 8.03. The van der Waals surface area contributed by atoms with E-state index in [1.54, 1.807) is 0 Å². The first-order valence-corrected chi connectivity index (χ1v) is 4.89. The van der Waals surface area contributed by atoms with Crippen LogP contribution in [0.25, 0.3) is 0 Å². The van der Waals surface area contributed by atoms with Gasteiger partial charge in [0.1, 0.15) is 0 Å². The molecule has 1 aliphatic carbocycles. The Morgan fingerprint density at radius 3 is 2.62 bits per heavy atom. The minimum atomic E-state index is 0.351. The molecule has 70 valence electrons. The molecule has 2 unspecified atom stereocenters. The zero-order valence-corrected chi connectivity index (χ0v) is 8.03. The summed E-state index contributed by atoms with van der Waals surface area (Å²) in [6, 6.07) is 10.5. The van der Waals surface area contributed by atoms with Crippen LogP contribution in [0.1, 0.15) is 18.9 Å². The third kappa shape index (κ3) is 1.75. The van der Waals surface area contributed by atoms with Crippen molar-refractivity contribution in [1.82, 2.24) is 0 Å². The van der Waals surface area contributed by atoms with Crippen molar-refractivity contribution in [3.05, 3.63) is 35.9 Å². The third-order valence-electron chi connectivity index (χ3n) is 3.21. The molecule has 1 fully saturated rings. The summed E-state index contributed by atoms with van der Waals surface area (Å²) < 4.78 is 0. The molecule has 1 N–H and O–H groups in total. The standard InChI is InChI=1S/C12H16O/c1-12(8-11(12)9-13)7-10-5-3-2-4-6-10/h2-6,11,13H,7-9H2,1H3. The van der Waals surface area contributed by atoms with Gasteiger partial charge in [0.2, 0.25) is 0 Å². The topological polar surface area (TPSA) is 20.2 Å². The molecule has 0 heterocycles. The monoisotopic (exact) mass is 176 g/mol. The molecule has 0 radical (unpaired) electrons. The van der Waals surface area contributed by atoms with E-state index in [4.69, 9.17) is 5.11 Å². The summed E-state index contributed by atoms with van der Waals surface area (Å²) in [4.78, 5) is 0. The van der Waals surface area contributed by atoms with Gasteiger partial charge < -0.3 is 5.11 Å². The Bertz CT molecular complexity index is 280. The van der Waals surface area contributed by atoms with Gasteiger partial charge in [0.05, 0.1) is 0 Å². The minimum absolute atomic E-state index is 0.351. The number of hydrogen-bond donors (Lipinski definition) is 1. The Labute approximate surface area is 79.4 Å². The average Bonchev–Trinajstić information content (AvgIpc) is 2.78. The maximum Gasteiger partial charge on any atom is 0.0464 e. The van der Waals surface area contributed by atoms with Crippen LogP contribution in [0, 0.1) is 11.3 Å². The van der Waals surface area contributed by atoms with Crippen molar-refractivity contribution < 1.29 is 5.11 Å². The van der Waals surface area contributed by atoms with Gasteiger partial charge in [0.15, 0.2) is 0 Å². The fourth-order valence-corrected chi connectivity index (χ4v) is 2.07. The molecule has 13 heavy (non-hydrogen) atoms. The maximum absolute atomic E-state index is 9.02. The normalized spacial score (nSPS) is 31.7. The number of benzene rings is 1. The van der Waals surface area contributed by atoms with Gasteiger partial charge in [-0.05, 0) is 29.7 Å². The molecule has 1 aromatic rings. The summed E-state index contributed by atoms with van der Waals surface area (Å²) in [5.74, 6) is 0.535. The first-order chi connectivity index (χ1) is 6.24. The summed E-state index contributed by atoms with van der Waals surface area (Å²) in [6.45, 7) is 2.62. The van der Waals surface area contributed by atoms with Crippen LogP contribution in [0.15, 0.2) is 30.3 Å². The molecular weight excluding hydrogens is 160 g/mol. The Hall–Kier alpha value is -0.820. The molecule has 1 saturated carbocycles. The third-order valence-corrected chi connectivity index (χ3v) is 3.21. The van der Waals surface area contributed by atoms with Gasteiger partial charge in [-0.15, -0.1) is 0 Å². The lowest BCUT2D eigenvalue weighted by molar-refractivity contribution is 0.253. The van der Waals surface area contributed by atoms with Crippen LogP contribution >= 0.6 is 0 Å². The molecule has 0 saturated heterocycles. The molecule has 0 aromatic heterocycles. The van der Waals surface area contributed by atoms with Crippen molar-refractivity contribution in [2.24, 2.45) is 11.3 Å². The molecule has 1 heteroatoms. The van der Waals surface area contributed by atoms with Crippen LogP contribution in [0.5, 0.6) is 0 Å². The highest BCUT2D eigenvalue weighted by Crippen LogP contribution is 2.53. The Kier molecular flexibility index (Phi) is 2.12. The van der Waals surface area contributed by atoms with E-state index in [0.29, 0.717) is 17.9 Å². The predicted octanol–water partition coefficient (Wildman–Crippen LogP) is 2.25. The van der Waals surface area contributed by atoms with Crippen LogP contribution in [0.2, 0.25) is 0 Å². The summed E-state index contributed by atoms with van der Waals surface area (Å²) in [7, 11) is 0. The van der Waals surface area contributed by atoms with Crippen LogP contribution in [0.3, 0.4) is 0 Å². The molecule has 0 amide bonds. The number of rotatable bonds is 3. The smallest absolute Gasteiger partial charge is 0.0464 e. The van der Waals surface area contributed by atoms with E-state index in [2.05, 4.69) is 31.2 Å². The summed E-state index contributed by atoms with van der Waals surface area (Å²) in [5, 5.41) is 9.02. The molecule has 0 aliphatic heterocycles. The van der Waals surface area contributed by atoms with Crippen molar-refractivity contribution in [1.29, 1.82) is 0 Å². The lowest BCUT2D eigenvalue weighted by Gasteiger charge is -2.09.